The molecule has 1 unspecified atom stereocenters. The second-order valence-corrected chi connectivity index (χ2v) is 20.3. The molecule has 60 heavy (non-hydrogen) atoms. The van der Waals surface area contributed by atoms with Crippen molar-refractivity contribution in [2.45, 2.75) is 257 Å². The number of quaternary nitrogens is 1. The Labute approximate surface area is 373 Å². The topological polar surface area (TPSA) is 108 Å². The van der Waals surface area contributed by atoms with Gasteiger partial charge in [0.25, 0.3) is 7.82 Å². The first kappa shape index (κ1) is 59.0. The summed E-state index contributed by atoms with van der Waals surface area (Å²) in [5, 5.41) is 13.8. The number of carbonyl (C=O) groups excluding carboxylic acids is 1. The maximum Gasteiger partial charge on any atom is 0.268 e. The van der Waals surface area contributed by atoms with E-state index in [1.807, 2.05) is 27.2 Å². The molecule has 0 saturated heterocycles. The monoisotopic (exact) mass is 869 g/mol. The lowest BCUT2D eigenvalue weighted by atomic mass is 10.0. The summed E-state index contributed by atoms with van der Waals surface area (Å²) in [6.07, 6.45) is 52.3. The van der Waals surface area contributed by atoms with Crippen LogP contribution in [0, 0.1) is 0 Å². The quantitative estimate of drug-likeness (QED) is 0.0273. The van der Waals surface area contributed by atoms with Gasteiger partial charge in [0, 0.05) is 6.42 Å². The molecule has 356 valence electrons. The number of unbranched alkanes of at least 4 members (excludes halogenated alkanes) is 32. The van der Waals surface area contributed by atoms with Crippen molar-refractivity contribution in [3.8, 4) is 0 Å². The number of hydrogen-bond donors (Lipinski definition) is 2. The molecule has 0 rings (SSSR count). The first-order valence-corrected chi connectivity index (χ1v) is 27.2. The van der Waals surface area contributed by atoms with Crippen molar-refractivity contribution in [3.63, 3.8) is 0 Å². The zero-order valence-electron chi connectivity index (χ0n) is 40.4. The minimum Gasteiger partial charge on any atom is -0.756 e. The highest BCUT2D eigenvalue weighted by molar-refractivity contribution is 7.45. The smallest absolute Gasteiger partial charge is 0.268 e. The lowest BCUT2D eigenvalue weighted by Crippen LogP contribution is -2.45. The van der Waals surface area contributed by atoms with Crippen molar-refractivity contribution in [2.75, 3.05) is 40.9 Å². The molecule has 0 radical (unpaired) electrons. The van der Waals surface area contributed by atoms with Gasteiger partial charge in [-0.05, 0) is 44.9 Å². The predicted molar refractivity (Wildman–Crippen MR) is 256 cm³/mol. The highest BCUT2D eigenvalue weighted by Gasteiger charge is 2.23. The van der Waals surface area contributed by atoms with Crippen molar-refractivity contribution < 1.29 is 32.9 Å². The number of hydrogen-bond acceptors (Lipinski definition) is 6. The minimum absolute atomic E-state index is 0.000492. The van der Waals surface area contributed by atoms with E-state index in [2.05, 4.69) is 31.3 Å². The predicted octanol–water partition coefficient (Wildman–Crippen LogP) is 14.2. The molecule has 9 heteroatoms. The van der Waals surface area contributed by atoms with E-state index in [0.717, 1.165) is 38.5 Å². The third-order valence-electron chi connectivity index (χ3n) is 11.7. The van der Waals surface area contributed by atoms with Crippen molar-refractivity contribution in [2.24, 2.45) is 0 Å². The zero-order chi connectivity index (χ0) is 44.3. The Bertz CT molecular complexity index is 1030. The molecule has 0 saturated carbocycles. The number of amides is 1. The van der Waals surface area contributed by atoms with E-state index in [9.17, 15) is 19.4 Å². The van der Waals surface area contributed by atoms with Crippen LogP contribution >= 0.6 is 7.82 Å². The Morgan fingerprint density at radius 1 is 0.567 bits per heavy atom. The molecular formula is C51H101N2O6P. The van der Waals surface area contributed by atoms with Gasteiger partial charge < -0.3 is 28.8 Å². The van der Waals surface area contributed by atoms with Gasteiger partial charge >= 0.3 is 0 Å². The van der Waals surface area contributed by atoms with E-state index in [0.29, 0.717) is 17.4 Å². The summed E-state index contributed by atoms with van der Waals surface area (Å²) >= 11 is 0. The molecule has 0 aliphatic carbocycles. The van der Waals surface area contributed by atoms with E-state index in [4.69, 9.17) is 9.05 Å². The molecule has 0 heterocycles. The standard InChI is InChI=1S/C51H101N2O6P/c1-6-8-10-12-14-16-18-20-22-24-25-26-27-29-31-33-35-37-39-41-43-45-51(55)52-49(48-59-60(56,57)58-47-46-53(3,4)5)50(54)44-42-40-38-36-34-32-30-28-23-21-19-17-15-13-11-9-7-2/h20,22,42,44,49-50,54H,6-19,21,23-41,43,45-48H2,1-5H3,(H-,52,55,56,57)/b22-20+,44-42+/t49-,50+/m0/s1. The molecule has 0 aliphatic rings. The molecule has 2 N–H and O–H groups in total. The van der Waals surface area contributed by atoms with Gasteiger partial charge in [-0.3, -0.25) is 9.36 Å². The highest BCUT2D eigenvalue weighted by atomic mass is 31.2. The largest absolute Gasteiger partial charge is 0.756 e. The van der Waals surface area contributed by atoms with E-state index in [-0.39, 0.29) is 19.1 Å². The number of phosphoric ester groups is 1. The van der Waals surface area contributed by atoms with E-state index >= 15 is 0 Å². The number of phosphoric acid groups is 1. The zero-order valence-corrected chi connectivity index (χ0v) is 41.3. The van der Waals surface area contributed by atoms with Gasteiger partial charge in [0.1, 0.15) is 13.2 Å². The molecule has 0 aromatic carbocycles. The molecule has 0 aromatic rings. The third kappa shape index (κ3) is 45.0. The van der Waals surface area contributed by atoms with Gasteiger partial charge in [-0.1, -0.05) is 218 Å². The molecular weight excluding hydrogens is 768 g/mol. The molecule has 8 nitrogen and oxygen atoms in total. The number of nitrogens with zero attached hydrogens (tertiary/aromatic N) is 1. The lowest BCUT2D eigenvalue weighted by molar-refractivity contribution is -0.870. The SMILES string of the molecule is CCCCCCCC/C=C/CCCCCCCCCCCCCC(=O)N[C@@H](COP(=O)([O-])OCC[N+](C)(C)C)[C@H](O)/C=C/CCCCCCCCCCCCCCCCC. The molecule has 1 amide bonds. The maximum absolute atomic E-state index is 12.9. The molecule has 0 bridgehead atoms. The van der Waals surface area contributed by atoms with Crippen molar-refractivity contribution in [1.82, 2.24) is 5.32 Å². The minimum atomic E-state index is -4.59. The average Bonchev–Trinajstić information content (AvgIpc) is 3.20. The van der Waals surface area contributed by atoms with Crippen LogP contribution in [0.1, 0.15) is 245 Å². The fourth-order valence-electron chi connectivity index (χ4n) is 7.56. The van der Waals surface area contributed by atoms with E-state index in [1.165, 1.54) is 186 Å². The van der Waals surface area contributed by atoms with Gasteiger partial charge in [-0.25, -0.2) is 0 Å². The van der Waals surface area contributed by atoms with Crippen LogP contribution < -0.4 is 10.2 Å². The maximum atomic E-state index is 12.9. The Kier molecular flexibility index (Phi) is 42.5. The van der Waals surface area contributed by atoms with Crippen molar-refractivity contribution >= 4 is 13.7 Å². The third-order valence-corrected chi connectivity index (χ3v) is 12.6. The summed E-state index contributed by atoms with van der Waals surface area (Å²) in [6.45, 7) is 4.67. The van der Waals surface area contributed by atoms with Crippen LogP contribution in [-0.4, -0.2) is 68.5 Å². The van der Waals surface area contributed by atoms with Crippen LogP contribution in [0.4, 0.5) is 0 Å². The summed E-state index contributed by atoms with van der Waals surface area (Å²) in [5.41, 5.74) is 0. The summed E-state index contributed by atoms with van der Waals surface area (Å²) in [5.74, 6) is -0.196. The Hall–Kier alpha value is -1.02. The molecule has 0 aliphatic heterocycles. The van der Waals surface area contributed by atoms with Crippen LogP contribution in [0.2, 0.25) is 0 Å². The van der Waals surface area contributed by atoms with Crippen LogP contribution in [0.3, 0.4) is 0 Å². The second-order valence-electron chi connectivity index (χ2n) is 18.9. The number of nitrogens with one attached hydrogen (secondary N) is 1. The van der Waals surface area contributed by atoms with Crippen LogP contribution in [0.5, 0.6) is 0 Å². The summed E-state index contributed by atoms with van der Waals surface area (Å²) in [7, 11) is 1.27. The molecule has 0 fully saturated rings. The number of likely N-dealkylation sites (N-methyl/N-ethyl adjacent to an activating group) is 1. The number of aliphatic hydroxyl groups excluding tert-OH is 1. The summed E-state index contributed by atoms with van der Waals surface area (Å²) in [6, 6.07) is -0.884. The van der Waals surface area contributed by atoms with Crippen LogP contribution in [0.25, 0.3) is 0 Å². The van der Waals surface area contributed by atoms with Crippen molar-refractivity contribution in [3.05, 3.63) is 24.3 Å². The summed E-state index contributed by atoms with van der Waals surface area (Å²) < 4.78 is 23.3. The van der Waals surface area contributed by atoms with Gasteiger partial charge in [-0.15, -0.1) is 0 Å². The van der Waals surface area contributed by atoms with Gasteiger partial charge in [0.15, 0.2) is 0 Å². The average molecular weight is 869 g/mol. The fourth-order valence-corrected chi connectivity index (χ4v) is 8.28. The number of aliphatic hydroxyl groups is 1. The van der Waals surface area contributed by atoms with Gasteiger partial charge in [0.2, 0.25) is 5.91 Å². The fraction of sp³-hybridized carbons (Fsp3) is 0.902. The van der Waals surface area contributed by atoms with E-state index in [1.54, 1.807) is 6.08 Å². The number of carbonyl (C=O) groups is 1. The lowest BCUT2D eigenvalue weighted by Gasteiger charge is -2.29. The second kappa shape index (κ2) is 43.2. The molecule has 3 atom stereocenters. The number of allylic oxidation sites excluding steroid dienone is 3. The van der Waals surface area contributed by atoms with Gasteiger partial charge in [0.05, 0.1) is 39.9 Å². The normalized spacial score (nSPS) is 14.3. The van der Waals surface area contributed by atoms with E-state index < -0.39 is 20.0 Å². The highest BCUT2D eigenvalue weighted by Crippen LogP contribution is 2.38. The Morgan fingerprint density at radius 3 is 1.30 bits per heavy atom. The number of rotatable bonds is 47. The first-order chi connectivity index (χ1) is 29.0. The summed E-state index contributed by atoms with van der Waals surface area (Å²) in [4.78, 5) is 25.4. The van der Waals surface area contributed by atoms with Crippen molar-refractivity contribution in [1.29, 1.82) is 0 Å². The molecule has 0 aromatic heterocycles. The van der Waals surface area contributed by atoms with Crippen LogP contribution in [-0.2, 0) is 18.4 Å². The van der Waals surface area contributed by atoms with Gasteiger partial charge in [-0.2, -0.15) is 0 Å². The molecule has 0 spiro atoms. The first-order valence-electron chi connectivity index (χ1n) is 25.7. The Balaban J connectivity index is 4.29. The van der Waals surface area contributed by atoms with Crippen LogP contribution in [0.15, 0.2) is 24.3 Å². The Morgan fingerprint density at radius 2 is 0.917 bits per heavy atom.